The Labute approximate surface area is 277 Å². The number of hydrogen-bond donors (Lipinski definition) is 3. The lowest BCUT2D eigenvalue weighted by atomic mass is 10.0. The van der Waals surface area contributed by atoms with E-state index in [0.717, 1.165) is 11.1 Å². The van der Waals surface area contributed by atoms with Gasteiger partial charge in [-0.15, -0.1) is 0 Å². The van der Waals surface area contributed by atoms with Crippen molar-refractivity contribution in [1.29, 1.82) is 0 Å². The lowest BCUT2D eigenvalue weighted by Crippen LogP contribution is -2.57. The number of benzene rings is 3. The van der Waals surface area contributed by atoms with Gasteiger partial charge < -0.3 is 34.7 Å². The van der Waals surface area contributed by atoms with Crippen LogP contribution in [0.1, 0.15) is 30.4 Å². The molecule has 252 valence electrons. The van der Waals surface area contributed by atoms with Crippen LogP contribution < -0.4 is 29.7 Å². The molecule has 13 heteroatoms. The number of carbonyl (C=O) groups excluding carboxylic acids is 4. The molecule has 2 heterocycles. The highest BCUT2D eigenvalue weighted by Crippen LogP contribution is 2.39. The van der Waals surface area contributed by atoms with Crippen LogP contribution in [0.5, 0.6) is 17.2 Å². The van der Waals surface area contributed by atoms with E-state index in [4.69, 9.17) is 18.9 Å². The van der Waals surface area contributed by atoms with Crippen LogP contribution in [0.4, 0.5) is 10.5 Å². The summed E-state index contributed by atoms with van der Waals surface area (Å²) in [5.41, 5.74) is 2.16. The number of ketones is 1. The van der Waals surface area contributed by atoms with Gasteiger partial charge in [0.15, 0.2) is 5.78 Å². The molecule has 5 rings (SSSR count). The molecule has 2 aliphatic heterocycles. The molecule has 2 aliphatic rings. The van der Waals surface area contributed by atoms with E-state index in [9.17, 15) is 29.1 Å². The molecule has 13 nitrogen and oxygen atoms in total. The number of para-hydroxylation sites is 2. The van der Waals surface area contributed by atoms with Gasteiger partial charge in [-0.1, -0.05) is 36.4 Å². The summed E-state index contributed by atoms with van der Waals surface area (Å²) in [4.78, 5) is 66.5. The number of carboxylic acid groups (broad SMARTS) is 1. The van der Waals surface area contributed by atoms with Crippen molar-refractivity contribution in [3.63, 3.8) is 0 Å². The van der Waals surface area contributed by atoms with E-state index in [0.29, 0.717) is 36.6 Å². The molecule has 3 aromatic carbocycles. The molecule has 48 heavy (non-hydrogen) atoms. The Kier molecular flexibility index (Phi) is 11.2. The smallest absolute Gasteiger partial charge is 0.413 e. The quantitative estimate of drug-likeness (QED) is 0.206. The van der Waals surface area contributed by atoms with Crippen LogP contribution in [0.3, 0.4) is 0 Å². The van der Waals surface area contributed by atoms with Gasteiger partial charge in [0.05, 0.1) is 32.4 Å². The number of Topliss-reactive ketones (excluding diaryl/α,β-unsaturated/α-hetero) is 1. The van der Waals surface area contributed by atoms with E-state index >= 15 is 0 Å². The highest BCUT2D eigenvalue weighted by atomic mass is 16.6. The maximum Gasteiger partial charge on any atom is 0.413 e. The number of ether oxygens (including phenoxy) is 4. The molecular formula is C35H37N3O10. The number of hydrogen-bond acceptors (Lipinski definition) is 9. The number of nitrogens with zero attached hydrogens (tertiary/aromatic N) is 1. The van der Waals surface area contributed by atoms with Crippen molar-refractivity contribution in [1.82, 2.24) is 10.6 Å². The average molecular weight is 660 g/mol. The Bertz CT molecular complexity index is 1630. The van der Waals surface area contributed by atoms with Crippen molar-refractivity contribution < 1.29 is 48.0 Å². The minimum atomic E-state index is -1.38. The Hall–Kier alpha value is -5.43. The first-order chi connectivity index (χ1) is 23.2. The molecule has 3 unspecified atom stereocenters. The first kappa shape index (κ1) is 33.9. The second-order valence-electron chi connectivity index (χ2n) is 11.3. The number of nitrogens with one attached hydrogen (secondary N) is 2. The number of aliphatic carboxylic acids is 1. The maximum absolute atomic E-state index is 13.9. The number of anilines is 1. The van der Waals surface area contributed by atoms with Gasteiger partial charge in [0.25, 0.3) is 0 Å². The minimum absolute atomic E-state index is 0.148. The molecule has 0 aromatic heterocycles. The van der Waals surface area contributed by atoms with Crippen LogP contribution in [0.25, 0.3) is 0 Å². The standard InChI is InChI=1S/C35H37N3O10/c1-45-24-12-14-26(15-13-24)48-35(44)37-27-16-11-22-7-5-8-23-19-29(38(32(22)23)34(27)43)33(42)36-28(20-31(40)41)30(39)21-46-17-6-18-47-25-9-3-2-4-10-25/h2-5,7-10,12-15,27-29H,6,11,16-21H2,1H3,(H,36,42)(H,37,44)(H,40,41). The zero-order valence-corrected chi connectivity index (χ0v) is 26.4. The molecule has 0 aliphatic carbocycles. The van der Waals surface area contributed by atoms with Crippen molar-refractivity contribution in [2.45, 2.75) is 50.2 Å². The molecule has 0 fully saturated rings. The second-order valence-corrected chi connectivity index (χ2v) is 11.3. The van der Waals surface area contributed by atoms with Crippen LogP contribution in [0.2, 0.25) is 0 Å². The molecule has 0 saturated heterocycles. The summed E-state index contributed by atoms with van der Waals surface area (Å²) in [6.45, 7) is 0.130. The van der Waals surface area contributed by atoms with Crippen molar-refractivity contribution in [2.75, 3.05) is 31.8 Å². The van der Waals surface area contributed by atoms with E-state index in [2.05, 4.69) is 10.6 Å². The monoisotopic (exact) mass is 659 g/mol. The third kappa shape index (κ3) is 8.48. The summed E-state index contributed by atoms with van der Waals surface area (Å²) in [5.74, 6) is -1.58. The summed E-state index contributed by atoms with van der Waals surface area (Å²) >= 11 is 0. The predicted octanol–water partition coefficient (Wildman–Crippen LogP) is 3.07. The number of aryl methyl sites for hydroxylation is 1. The van der Waals surface area contributed by atoms with Crippen LogP contribution >= 0.6 is 0 Å². The maximum atomic E-state index is 13.9. The second kappa shape index (κ2) is 15.9. The first-order valence-corrected chi connectivity index (χ1v) is 15.6. The third-order valence-corrected chi connectivity index (χ3v) is 8.04. The fraction of sp³-hybridized carbons (Fsp3) is 0.343. The molecule has 3 aromatic rings. The molecule has 0 spiro atoms. The van der Waals surface area contributed by atoms with Crippen LogP contribution in [0.15, 0.2) is 72.8 Å². The van der Waals surface area contributed by atoms with Gasteiger partial charge in [-0.05, 0) is 60.4 Å². The van der Waals surface area contributed by atoms with Crippen molar-refractivity contribution in [2.24, 2.45) is 0 Å². The number of amides is 3. The zero-order valence-electron chi connectivity index (χ0n) is 26.4. The highest BCUT2D eigenvalue weighted by Gasteiger charge is 2.45. The van der Waals surface area contributed by atoms with Gasteiger partial charge in [0, 0.05) is 12.8 Å². The summed E-state index contributed by atoms with van der Waals surface area (Å²) in [5, 5.41) is 14.7. The molecule has 3 amide bonds. The van der Waals surface area contributed by atoms with Crippen molar-refractivity contribution in [3.8, 4) is 17.2 Å². The molecule has 3 atom stereocenters. The van der Waals surface area contributed by atoms with E-state index in [1.165, 1.54) is 12.0 Å². The lowest BCUT2D eigenvalue weighted by molar-refractivity contribution is -0.141. The van der Waals surface area contributed by atoms with Gasteiger partial charge in [-0.2, -0.15) is 0 Å². The van der Waals surface area contributed by atoms with Gasteiger partial charge in [-0.3, -0.25) is 24.1 Å². The van der Waals surface area contributed by atoms with Gasteiger partial charge in [0.1, 0.15) is 42.0 Å². The summed E-state index contributed by atoms with van der Waals surface area (Å²) in [7, 11) is 1.51. The van der Waals surface area contributed by atoms with Crippen molar-refractivity contribution in [3.05, 3.63) is 83.9 Å². The Morgan fingerprint density at radius 3 is 2.38 bits per heavy atom. The Balaban J connectivity index is 1.21. The first-order valence-electron chi connectivity index (χ1n) is 15.6. The van der Waals surface area contributed by atoms with E-state index in [-0.39, 0.29) is 25.2 Å². The molecule has 0 radical (unpaired) electrons. The van der Waals surface area contributed by atoms with Gasteiger partial charge in [0.2, 0.25) is 11.8 Å². The summed E-state index contributed by atoms with van der Waals surface area (Å²) in [6.07, 6.45) is -0.169. The fourth-order valence-corrected chi connectivity index (χ4v) is 5.73. The fourth-order valence-electron chi connectivity index (χ4n) is 5.73. The van der Waals surface area contributed by atoms with E-state index in [1.807, 2.05) is 48.5 Å². The van der Waals surface area contributed by atoms with E-state index < -0.39 is 60.8 Å². The predicted molar refractivity (Wildman–Crippen MR) is 172 cm³/mol. The Morgan fingerprint density at radius 2 is 1.65 bits per heavy atom. The van der Waals surface area contributed by atoms with E-state index in [1.54, 1.807) is 24.3 Å². The van der Waals surface area contributed by atoms with Gasteiger partial charge in [-0.25, -0.2) is 4.79 Å². The Morgan fingerprint density at radius 1 is 0.917 bits per heavy atom. The molecule has 0 bridgehead atoms. The normalized spacial score (nSPS) is 17.0. The van der Waals surface area contributed by atoms with Crippen LogP contribution in [-0.2, 0) is 36.8 Å². The topological polar surface area (TPSA) is 170 Å². The SMILES string of the molecule is COc1ccc(OC(=O)NC2CCc3cccc4c3N(C2=O)C(C(=O)NC(CC(=O)O)C(=O)COCCCOc2ccccc2)C4)cc1. The van der Waals surface area contributed by atoms with Crippen LogP contribution in [-0.4, -0.2) is 79.8 Å². The lowest BCUT2D eigenvalue weighted by Gasteiger charge is -2.28. The number of methoxy groups -OCH3 is 1. The van der Waals surface area contributed by atoms with Gasteiger partial charge >= 0.3 is 12.1 Å². The minimum Gasteiger partial charge on any atom is -0.497 e. The molecule has 0 saturated carbocycles. The van der Waals surface area contributed by atoms with Crippen molar-refractivity contribution >= 4 is 35.3 Å². The summed E-state index contributed by atoms with van der Waals surface area (Å²) in [6, 6.07) is 17.6. The molecular weight excluding hydrogens is 622 g/mol. The third-order valence-electron chi connectivity index (χ3n) is 8.04. The number of carboxylic acids is 1. The number of carbonyl (C=O) groups is 5. The average Bonchev–Trinajstić information content (AvgIpc) is 3.42. The summed E-state index contributed by atoms with van der Waals surface area (Å²) < 4.78 is 21.5. The number of rotatable bonds is 15. The van der Waals surface area contributed by atoms with Crippen LogP contribution in [0, 0.1) is 0 Å². The zero-order chi connectivity index (χ0) is 34.0. The largest absolute Gasteiger partial charge is 0.497 e. The highest BCUT2D eigenvalue weighted by molar-refractivity contribution is 6.08. The molecule has 3 N–H and O–H groups in total.